The zero-order chi connectivity index (χ0) is 11.7. The molecule has 94 valence electrons. The van der Waals surface area contributed by atoms with Crippen LogP contribution in [-0.2, 0) is 17.9 Å². The summed E-state index contributed by atoms with van der Waals surface area (Å²) in [7, 11) is 0. The standard InChI is InChI=1S/C14H21NO2/c16-11-12-4-3-9-15(12)10-13-5-8-14(17-13)6-1-2-7-14/h3-4,9,13,16H,1-2,5-8,10-11H2. The van der Waals surface area contributed by atoms with Crippen molar-refractivity contribution in [3.8, 4) is 0 Å². The van der Waals surface area contributed by atoms with Gasteiger partial charge in [-0.25, -0.2) is 0 Å². The molecule has 2 heterocycles. The third kappa shape index (κ3) is 2.14. The summed E-state index contributed by atoms with van der Waals surface area (Å²) in [6.45, 7) is 1.01. The smallest absolute Gasteiger partial charge is 0.0832 e. The van der Waals surface area contributed by atoms with Gasteiger partial charge in [-0.1, -0.05) is 12.8 Å². The molecule has 1 aromatic heterocycles. The van der Waals surface area contributed by atoms with E-state index >= 15 is 0 Å². The second-order valence-corrected chi connectivity index (χ2v) is 5.48. The molecule has 2 aliphatic rings. The topological polar surface area (TPSA) is 34.4 Å². The molecule has 1 atom stereocenters. The van der Waals surface area contributed by atoms with Crippen molar-refractivity contribution in [2.45, 2.75) is 63.4 Å². The fourth-order valence-electron chi connectivity index (χ4n) is 3.40. The average molecular weight is 235 g/mol. The molecular formula is C14H21NO2. The Balaban J connectivity index is 1.64. The first-order chi connectivity index (χ1) is 8.31. The van der Waals surface area contributed by atoms with Crippen molar-refractivity contribution in [1.82, 2.24) is 4.57 Å². The van der Waals surface area contributed by atoms with Gasteiger partial charge in [0, 0.05) is 18.4 Å². The lowest BCUT2D eigenvalue weighted by Gasteiger charge is -2.24. The Morgan fingerprint density at radius 1 is 1.35 bits per heavy atom. The van der Waals surface area contributed by atoms with Crippen LogP contribution in [0.3, 0.4) is 0 Å². The van der Waals surface area contributed by atoms with Crippen LogP contribution in [0.25, 0.3) is 0 Å². The number of nitrogens with zero attached hydrogens (tertiary/aromatic N) is 1. The predicted octanol–water partition coefficient (Wildman–Crippen LogP) is 2.47. The number of aliphatic hydroxyl groups is 1. The number of aromatic nitrogens is 1. The normalized spacial score (nSPS) is 27.0. The number of hydrogen-bond acceptors (Lipinski definition) is 2. The zero-order valence-electron chi connectivity index (χ0n) is 10.3. The molecule has 2 fully saturated rings. The minimum Gasteiger partial charge on any atom is -0.390 e. The molecule has 3 nitrogen and oxygen atoms in total. The Kier molecular flexibility index (Phi) is 2.97. The summed E-state index contributed by atoms with van der Waals surface area (Å²) in [5.74, 6) is 0. The van der Waals surface area contributed by atoms with Crippen molar-refractivity contribution in [1.29, 1.82) is 0 Å². The Morgan fingerprint density at radius 2 is 2.18 bits per heavy atom. The van der Waals surface area contributed by atoms with Crippen molar-refractivity contribution < 1.29 is 9.84 Å². The Hall–Kier alpha value is -0.800. The molecule has 0 amide bonds. The van der Waals surface area contributed by atoms with Crippen LogP contribution in [0, 0.1) is 0 Å². The maximum absolute atomic E-state index is 9.22. The van der Waals surface area contributed by atoms with E-state index in [1.54, 1.807) is 0 Å². The van der Waals surface area contributed by atoms with Gasteiger partial charge < -0.3 is 14.4 Å². The molecule has 1 saturated carbocycles. The SMILES string of the molecule is OCc1cccn1CC1CCC2(CCCC2)O1. The summed E-state index contributed by atoms with van der Waals surface area (Å²) in [5, 5.41) is 9.22. The largest absolute Gasteiger partial charge is 0.390 e. The predicted molar refractivity (Wildman–Crippen MR) is 65.7 cm³/mol. The number of ether oxygens (including phenoxy) is 1. The van der Waals surface area contributed by atoms with Gasteiger partial charge >= 0.3 is 0 Å². The van der Waals surface area contributed by atoms with Gasteiger partial charge in [-0.3, -0.25) is 0 Å². The van der Waals surface area contributed by atoms with Crippen LogP contribution in [0.5, 0.6) is 0 Å². The highest BCUT2D eigenvalue weighted by Crippen LogP contribution is 2.43. The molecular weight excluding hydrogens is 214 g/mol. The lowest BCUT2D eigenvalue weighted by atomic mass is 9.98. The van der Waals surface area contributed by atoms with E-state index in [-0.39, 0.29) is 12.2 Å². The van der Waals surface area contributed by atoms with Crippen LogP contribution >= 0.6 is 0 Å². The molecule has 1 saturated heterocycles. The first kappa shape index (κ1) is 11.3. The van der Waals surface area contributed by atoms with Crippen molar-refractivity contribution in [3.63, 3.8) is 0 Å². The third-order valence-corrected chi connectivity index (χ3v) is 4.34. The lowest BCUT2D eigenvalue weighted by molar-refractivity contribution is -0.0421. The molecule has 1 N–H and O–H groups in total. The fraction of sp³-hybridized carbons (Fsp3) is 0.714. The van der Waals surface area contributed by atoms with Crippen molar-refractivity contribution in [2.75, 3.05) is 0 Å². The van der Waals surface area contributed by atoms with E-state index in [1.807, 2.05) is 18.3 Å². The highest BCUT2D eigenvalue weighted by molar-refractivity contribution is 5.06. The van der Waals surface area contributed by atoms with Gasteiger partial charge in [0.15, 0.2) is 0 Å². The van der Waals surface area contributed by atoms with E-state index < -0.39 is 0 Å². The summed E-state index contributed by atoms with van der Waals surface area (Å²) in [6, 6.07) is 3.96. The van der Waals surface area contributed by atoms with Crippen LogP contribution in [0.4, 0.5) is 0 Å². The molecule has 0 bridgehead atoms. The summed E-state index contributed by atoms with van der Waals surface area (Å²) in [6.07, 6.45) is 9.94. The van der Waals surface area contributed by atoms with E-state index in [4.69, 9.17) is 4.74 Å². The van der Waals surface area contributed by atoms with E-state index in [2.05, 4.69) is 4.57 Å². The maximum atomic E-state index is 9.22. The Labute approximate surface area is 102 Å². The van der Waals surface area contributed by atoms with Crippen molar-refractivity contribution in [3.05, 3.63) is 24.0 Å². The first-order valence-corrected chi connectivity index (χ1v) is 6.74. The molecule has 1 unspecified atom stereocenters. The molecule has 1 aromatic rings. The van der Waals surface area contributed by atoms with Gasteiger partial charge in [0.1, 0.15) is 0 Å². The third-order valence-electron chi connectivity index (χ3n) is 4.34. The summed E-state index contributed by atoms with van der Waals surface area (Å²) >= 11 is 0. The maximum Gasteiger partial charge on any atom is 0.0832 e. The van der Waals surface area contributed by atoms with Crippen LogP contribution in [0.2, 0.25) is 0 Å². The Bertz CT molecular complexity index is 379. The van der Waals surface area contributed by atoms with Crippen molar-refractivity contribution in [2.24, 2.45) is 0 Å². The Morgan fingerprint density at radius 3 is 2.94 bits per heavy atom. The van der Waals surface area contributed by atoms with E-state index in [1.165, 1.54) is 38.5 Å². The average Bonchev–Trinajstić information content (AvgIpc) is 3.03. The lowest BCUT2D eigenvalue weighted by Crippen LogP contribution is -2.26. The minimum atomic E-state index is 0.116. The highest BCUT2D eigenvalue weighted by atomic mass is 16.5. The zero-order valence-corrected chi connectivity index (χ0v) is 10.3. The summed E-state index contributed by atoms with van der Waals surface area (Å²) in [4.78, 5) is 0. The first-order valence-electron chi connectivity index (χ1n) is 6.74. The molecule has 3 rings (SSSR count). The van der Waals surface area contributed by atoms with Crippen LogP contribution in [0.15, 0.2) is 18.3 Å². The molecule has 0 radical (unpaired) electrons. The number of aliphatic hydroxyl groups excluding tert-OH is 1. The van der Waals surface area contributed by atoms with Crippen LogP contribution < -0.4 is 0 Å². The summed E-state index contributed by atoms with van der Waals surface area (Å²) in [5.41, 5.74) is 1.21. The fourth-order valence-corrected chi connectivity index (χ4v) is 3.40. The van der Waals surface area contributed by atoms with E-state index in [9.17, 15) is 5.11 Å². The van der Waals surface area contributed by atoms with E-state index in [0.29, 0.717) is 6.10 Å². The number of hydrogen-bond donors (Lipinski definition) is 1. The van der Waals surface area contributed by atoms with Gasteiger partial charge in [-0.05, 0) is 37.8 Å². The van der Waals surface area contributed by atoms with Gasteiger partial charge in [0.25, 0.3) is 0 Å². The summed E-state index contributed by atoms with van der Waals surface area (Å²) < 4.78 is 8.40. The molecule has 1 aliphatic carbocycles. The second kappa shape index (κ2) is 4.46. The van der Waals surface area contributed by atoms with Gasteiger partial charge in [0.2, 0.25) is 0 Å². The van der Waals surface area contributed by atoms with Crippen LogP contribution in [0.1, 0.15) is 44.2 Å². The van der Waals surface area contributed by atoms with Gasteiger partial charge in [-0.2, -0.15) is 0 Å². The minimum absolute atomic E-state index is 0.116. The van der Waals surface area contributed by atoms with Crippen LogP contribution in [-0.4, -0.2) is 21.4 Å². The number of rotatable bonds is 3. The molecule has 1 aliphatic heterocycles. The monoisotopic (exact) mass is 235 g/mol. The van der Waals surface area contributed by atoms with Gasteiger partial charge in [0.05, 0.1) is 18.3 Å². The quantitative estimate of drug-likeness (QED) is 0.873. The molecule has 1 spiro atoms. The molecule has 3 heteroatoms. The van der Waals surface area contributed by atoms with E-state index in [0.717, 1.165) is 12.2 Å². The second-order valence-electron chi connectivity index (χ2n) is 5.48. The highest BCUT2D eigenvalue weighted by Gasteiger charge is 2.42. The van der Waals surface area contributed by atoms with Gasteiger partial charge in [-0.15, -0.1) is 0 Å². The molecule has 17 heavy (non-hydrogen) atoms. The molecule has 0 aromatic carbocycles. The van der Waals surface area contributed by atoms with Crippen molar-refractivity contribution >= 4 is 0 Å².